The van der Waals surface area contributed by atoms with Crippen LogP contribution in [-0.2, 0) is 0 Å². The van der Waals surface area contributed by atoms with Gasteiger partial charge in [-0.25, -0.2) is 4.98 Å². The Kier molecular flexibility index (Phi) is 6.25. The molecule has 0 saturated carbocycles. The second-order valence-electron chi connectivity index (χ2n) is 7.04. The zero-order valence-electron chi connectivity index (χ0n) is 17.0. The van der Waals surface area contributed by atoms with Crippen molar-refractivity contribution >= 4 is 39.8 Å². The first-order valence-corrected chi connectivity index (χ1v) is 10.9. The lowest BCUT2D eigenvalue weighted by Crippen LogP contribution is -2.22. The van der Waals surface area contributed by atoms with Crippen LogP contribution in [0.15, 0.2) is 47.4 Å². The van der Waals surface area contributed by atoms with Gasteiger partial charge in [-0.2, -0.15) is 0 Å². The third kappa shape index (κ3) is 4.24. The molecule has 0 aliphatic rings. The maximum Gasteiger partial charge on any atom is 0.274 e. The molecule has 2 heterocycles. The van der Waals surface area contributed by atoms with Crippen molar-refractivity contribution in [3.05, 3.63) is 73.6 Å². The van der Waals surface area contributed by atoms with Gasteiger partial charge in [0.1, 0.15) is 0 Å². The fraction of sp³-hybridized carbons (Fsp3) is 0.174. The molecular weight excluding hydrogens is 455 g/mol. The van der Waals surface area contributed by atoms with Crippen LogP contribution in [0.4, 0.5) is 4.39 Å². The molecule has 4 aromatic rings. The number of halogens is 2. The summed E-state index contributed by atoms with van der Waals surface area (Å²) in [5.41, 5.74) is 2.27. The summed E-state index contributed by atoms with van der Waals surface area (Å²) in [6, 6.07) is 10.0. The number of carbonyl (C=O) groups excluding carboxylic acids is 1. The van der Waals surface area contributed by atoms with E-state index in [1.807, 2.05) is 0 Å². The van der Waals surface area contributed by atoms with Gasteiger partial charge >= 0.3 is 0 Å². The number of carbonyl (C=O) groups is 1. The van der Waals surface area contributed by atoms with Crippen LogP contribution in [0, 0.1) is 0 Å². The summed E-state index contributed by atoms with van der Waals surface area (Å²) < 4.78 is 19.3. The topological polar surface area (TPSA) is 80.9 Å². The van der Waals surface area contributed by atoms with E-state index in [-0.39, 0.29) is 40.7 Å². The molecule has 2 aromatic heterocycles. The van der Waals surface area contributed by atoms with Crippen molar-refractivity contribution in [3.8, 4) is 22.8 Å². The fourth-order valence-electron chi connectivity index (χ4n) is 3.25. The van der Waals surface area contributed by atoms with Crippen molar-refractivity contribution in [2.24, 2.45) is 0 Å². The number of thiazole rings is 1. The summed E-state index contributed by atoms with van der Waals surface area (Å²) in [4.78, 5) is 29.9. The lowest BCUT2D eigenvalue weighted by molar-refractivity contribution is 0.0977. The third-order valence-electron chi connectivity index (χ3n) is 4.91. The number of benzene rings is 2. The quantitative estimate of drug-likeness (QED) is 0.406. The van der Waals surface area contributed by atoms with Crippen molar-refractivity contribution in [2.45, 2.75) is 12.8 Å². The summed E-state index contributed by atoms with van der Waals surface area (Å²) >= 11 is 7.25. The minimum absolute atomic E-state index is 0.104. The van der Waals surface area contributed by atoms with E-state index in [1.54, 1.807) is 48.7 Å². The molecule has 0 aliphatic heterocycles. The number of hydrogen-bond acceptors (Lipinski definition) is 6. The number of nitrogens with zero attached hydrogens (tertiary/aromatic N) is 2. The van der Waals surface area contributed by atoms with Crippen LogP contribution in [0.2, 0.25) is 5.02 Å². The lowest BCUT2D eigenvalue weighted by atomic mass is 10.0. The minimum atomic E-state index is -0.514. The minimum Gasteiger partial charge on any atom is -0.503 e. The molecule has 0 atom stereocenters. The second-order valence-corrected chi connectivity index (χ2v) is 8.46. The van der Waals surface area contributed by atoms with Crippen molar-refractivity contribution in [1.82, 2.24) is 9.38 Å². The van der Waals surface area contributed by atoms with E-state index in [0.717, 1.165) is 5.56 Å². The zero-order chi connectivity index (χ0) is 22.8. The molecule has 0 unspecified atom stereocenters. The van der Waals surface area contributed by atoms with Crippen molar-refractivity contribution < 1.29 is 19.0 Å². The highest BCUT2D eigenvalue weighted by Crippen LogP contribution is 2.35. The Bertz CT molecular complexity index is 1410. The SMILES string of the molecule is COc1cc(/C=c2\sc3nc(-c4ccc(C(=O)CCCF)cc4)cn3c2=O)cc(Cl)c1O. The molecule has 4 rings (SSSR count). The van der Waals surface area contributed by atoms with Crippen molar-refractivity contribution in [3.63, 3.8) is 0 Å². The van der Waals surface area contributed by atoms with Crippen LogP contribution >= 0.6 is 22.9 Å². The maximum absolute atomic E-state index is 12.8. The molecule has 0 bridgehead atoms. The normalized spacial score (nSPS) is 11.9. The molecule has 2 aromatic carbocycles. The van der Waals surface area contributed by atoms with Crippen LogP contribution in [0.1, 0.15) is 28.8 Å². The number of rotatable bonds is 7. The van der Waals surface area contributed by atoms with Gasteiger partial charge in [0.2, 0.25) is 0 Å². The predicted octanol–water partition coefficient (Wildman–Crippen LogP) is 4.27. The number of ketones is 1. The summed E-state index contributed by atoms with van der Waals surface area (Å²) in [6.07, 6.45) is 3.70. The number of phenolic OH excluding ortho intramolecular Hbond substituents is 1. The number of Topliss-reactive ketones (excluding diaryl/α,β-unsaturated/α-hetero) is 1. The molecule has 0 fully saturated rings. The Hall–Kier alpha value is -3.23. The van der Waals surface area contributed by atoms with Crippen LogP contribution in [0.3, 0.4) is 0 Å². The van der Waals surface area contributed by atoms with Gasteiger partial charge in [0.25, 0.3) is 5.56 Å². The monoisotopic (exact) mass is 472 g/mol. The Morgan fingerprint density at radius 1 is 1.31 bits per heavy atom. The van der Waals surface area contributed by atoms with Crippen LogP contribution in [0.5, 0.6) is 11.5 Å². The average molecular weight is 473 g/mol. The van der Waals surface area contributed by atoms with Gasteiger partial charge in [-0.3, -0.25) is 18.4 Å². The predicted molar refractivity (Wildman–Crippen MR) is 123 cm³/mol. The van der Waals surface area contributed by atoms with E-state index >= 15 is 0 Å². The molecule has 0 amide bonds. The van der Waals surface area contributed by atoms with E-state index < -0.39 is 6.67 Å². The number of aromatic hydroxyl groups is 1. The van der Waals surface area contributed by atoms with Gasteiger partial charge < -0.3 is 9.84 Å². The van der Waals surface area contributed by atoms with Crippen LogP contribution in [-0.4, -0.2) is 34.1 Å². The number of fused-ring (bicyclic) bond motifs is 1. The highest BCUT2D eigenvalue weighted by atomic mass is 35.5. The Balaban J connectivity index is 1.65. The number of methoxy groups -OCH3 is 1. The second kappa shape index (κ2) is 9.10. The van der Waals surface area contributed by atoms with Crippen LogP contribution in [0.25, 0.3) is 22.3 Å². The molecule has 6 nitrogen and oxygen atoms in total. The molecule has 0 saturated heterocycles. The molecule has 0 spiro atoms. The van der Waals surface area contributed by atoms with Crippen molar-refractivity contribution in [2.75, 3.05) is 13.8 Å². The Labute approximate surface area is 191 Å². The van der Waals surface area contributed by atoms with E-state index in [4.69, 9.17) is 16.3 Å². The summed E-state index contributed by atoms with van der Waals surface area (Å²) in [5.74, 6) is -0.0473. The largest absolute Gasteiger partial charge is 0.503 e. The van der Waals surface area contributed by atoms with Crippen LogP contribution < -0.4 is 14.8 Å². The average Bonchev–Trinajstić information content (AvgIpc) is 3.34. The number of ether oxygens (including phenoxy) is 1. The molecule has 0 aliphatic carbocycles. The van der Waals surface area contributed by atoms with Gasteiger partial charge in [0.05, 0.1) is 29.0 Å². The number of aromatic nitrogens is 2. The van der Waals surface area contributed by atoms with Crippen molar-refractivity contribution in [1.29, 1.82) is 0 Å². The first kappa shape index (κ1) is 22.0. The maximum atomic E-state index is 12.8. The molecule has 9 heteroatoms. The first-order valence-electron chi connectivity index (χ1n) is 9.71. The summed E-state index contributed by atoms with van der Waals surface area (Å²) in [6.45, 7) is -0.514. The molecular formula is C23H18ClFN2O4S. The highest BCUT2D eigenvalue weighted by molar-refractivity contribution is 7.15. The van der Waals surface area contributed by atoms with E-state index in [1.165, 1.54) is 22.8 Å². The van der Waals surface area contributed by atoms with Gasteiger partial charge in [0, 0.05) is 23.7 Å². The highest BCUT2D eigenvalue weighted by Gasteiger charge is 2.13. The summed E-state index contributed by atoms with van der Waals surface area (Å²) in [7, 11) is 1.42. The fourth-order valence-corrected chi connectivity index (χ4v) is 4.43. The van der Waals surface area contributed by atoms with Gasteiger partial charge in [-0.05, 0) is 30.2 Å². The third-order valence-corrected chi connectivity index (χ3v) is 6.18. The summed E-state index contributed by atoms with van der Waals surface area (Å²) in [5, 5.41) is 9.99. The molecule has 164 valence electrons. The lowest BCUT2D eigenvalue weighted by Gasteiger charge is -2.05. The number of hydrogen-bond donors (Lipinski definition) is 1. The standard InChI is InChI=1S/C23H18ClFN2O4S/c1-31-19-10-13(9-16(24)21(19)29)11-20-22(30)27-12-17(26-23(27)32-20)14-4-6-15(7-5-14)18(28)3-2-8-25/h4-7,9-12,29H,2-3,8H2,1H3/b20-11-. The Morgan fingerprint density at radius 3 is 2.72 bits per heavy atom. The molecule has 32 heavy (non-hydrogen) atoms. The first-order chi connectivity index (χ1) is 15.4. The number of phenols is 1. The smallest absolute Gasteiger partial charge is 0.274 e. The van der Waals surface area contributed by atoms with Gasteiger partial charge in [0.15, 0.2) is 22.2 Å². The zero-order valence-corrected chi connectivity index (χ0v) is 18.5. The number of imidazole rings is 1. The van der Waals surface area contributed by atoms with E-state index in [2.05, 4.69) is 4.98 Å². The molecule has 1 N–H and O–H groups in total. The van der Waals surface area contributed by atoms with Gasteiger partial charge in [-0.1, -0.05) is 47.2 Å². The van der Waals surface area contributed by atoms with E-state index in [0.29, 0.717) is 26.3 Å². The van der Waals surface area contributed by atoms with E-state index in [9.17, 15) is 19.1 Å². The number of alkyl halides is 1. The Morgan fingerprint density at radius 2 is 2.06 bits per heavy atom. The van der Waals surface area contributed by atoms with Gasteiger partial charge in [-0.15, -0.1) is 0 Å². The molecule has 0 radical (unpaired) electrons.